The number of carbonyl (C=O) groups is 1. The van der Waals surface area contributed by atoms with E-state index in [4.69, 9.17) is 5.11 Å². The van der Waals surface area contributed by atoms with Crippen LogP contribution in [0.4, 0.5) is 0 Å². The highest BCUT2D eigenvalue weighted by Gasteiger charge is 2.59. The van der Waals surface area contributed by atoms with Gasteiger partial charge in [-0.1, -0.05) is 6.92 Å². The Morgan fingerprint density at radius 3 is 1.79 bits per heavy atom. The van der Waals surface area contributed by atoms with Crippen molar-refractivity contribution in [3.63, 3.8) is 0 Å². The third-order valence-corrected chi connectivity index (χ3v) is 3.73. The molecule has 4 heteroatoms. The van der Waals surface area contributed by atoms with Gasteiger partial charge in [-0.15, -0.1) is 0 Å². The van der Waals surface area contributed by atoms with Gasteiger partial charge in [0.25, 0.3) is 0 Å². The number of rotatable bonds is 1. The molecular weight excluding hydrogens is 182 g/mol. The van der Waals surface area contributed by atoms with E-state index in [1.807, 2.05) is 20.8 Å². The second-order valence-corrected chi connectivity index (χ2v) is 5.22. The molecule has 0 radical (unpaired) electrons. The summed E-state index contributed by atoms with van der Waals surface area (Å²) in [6.07, 6.45) is 0. The first kappa shape index (κ1) is 11.5. The lowest BCUT2D eigenvalue weighted by molar-refractivity contribution is -0.201. The van der Waals surface area contributed by atoms with E-state index in [0.29, 0.717) is 0 Å². The second-order valence-electron chi connectivity index (χ2n) is 5.22. The number of hydroxylamine groups is 2. The number of nitrogens with zero attached hydrogens (tertiary/aromatic N) is 1. The molecule has 0 unspecified atom stereocenters. The van der Waals surface area contributed by atoms with E-state index in [1.54, 1.807) is 13.8 Å². The lowest BCUT2D eigenvalue weighted by Crippen LogP contribution is -2.48. The highest BCUT2D eigenvalue weighted by Crippen LogP contribution is 2.47. The fourth-order valence-electron chi connectivity index (χ4n) is 2.60. The molecule has 1 aliphatic rings. The molecule has 0 saturated carbocycles. The van der Waals surface area contributed by atoms with Gasteiger partial charge in [-0.3, -0.25) is 4.79 Å². The molecule has 1 fully saturated rings. The van der Waals surface area contributed by atoms with Crippen molar-refractivity contribution in [2.45, 2.75) is 45.7 Å². The molecule has 0 aromatic heterocycles. The van der Waals surface area contributed by atoms with E-state index in [9.17, 15) is 10.0 Å². The molecule has 82 valence electrons. The van der Waals surface area contributed by atoms with Gasteiger partial charge in [-0.05, 0) is 33.6 Å². The van der Waals surface area contributed by atoms with E-state index < -0.39 is 23.0 Å². The van der Waals surface area contributed by atoms with Crippen molar-refractivity contribution in [1.82, 2.24) is 5.06 Å². The third kappa shape index (κ3) is 1.25. The maximum atomic E-state index is 11.1. The topological polar surface area (TPSA) is 60.8 Å². The average molecular weight is 201 g/mol. The van der Waals surface area contributed by atoms with Gasteiger partial charge in [0, 0.05) is 5.54 Å². The summed E-state index contributed by atoms with van der Waals surface area (Å²) in [4.78, 5) is 11.1. The van der Waals surface area contributed by atoms with Gasteiger partial charge in [0.2, 0.25) is 0 Å². The van der Waals surface area contributed by atoms with Gasteiger partial charge >= 0.3 is 5.97 Å². The van der Waals surface area contributed by atoms with Crippen LogP contribution in [0.5, 0.6) is 0 Å². The summed E-state index contributed by atoms with van der Waals surface area (Å²) in [5, 5.41) is 20.3. The van der Waals surface area contributed by atoms with Gasteiger partial charge in [-0.25, -0.2) is 0 Å². The van der Waals surface area contributed by atoms with Gasteiger partial charge in [0.05, 0.1) is 11.5 Å². The SMILES string of the molecule is C[C@@H]1[C@@H](C(=O)O)C(C)(C)N(O)C1(C)C. The summed E-state index contributed by atoms with van der Waals surface area (Å²) in [7, 11) is 0. The first-order valence-electron chi connectivity index (χ1n) is 4.85. The first-order chi connectivity index (χ1) is 6.13. The Balaban J connectivity index is 3.16. The summed E-state index contributed by atoms with van der Waals surface area (Å²) < 4.78 is 0. The molecule has 2 atom stereocenters. The van der Waals surface area contributed by atoms with Crippen LogP contribution in [-0.2, 0) is 4.79 Å². The standard InChI is InChI=1S/C10H19NO3/c1-6-7(8(12)13)10(4,5)11(14)9(6,2)3/h6-7,14H,1-5H3,(H,12,13)/t6-,7+/m1/s1. The molecule has 1 heterocycles. The van der Waals surface area contributed by atoms with Crippen molar-refractivity contribution in [3.8, 4) is 0 Å². The third-order valence-electron chi connectivity index (χ3n) is 3.73. The first-order valence-corrected chi connectivity index (χ1v) is 4.85. The predicted molar refractivity (Wildman–Crippen MR) is 52.1 cm³/mol. The van der Waals surface area contributed by atoms with Crippen molar-refractivity contribution in [1.29, 1.82) is 0 Å². The number of carboxylic acid groups (broad SMARTS) is 1. The summed E-state index contributed by atoms with van der Waals surface area (Å²) in [5.74, 6) is -1.46. The summed E-state index contributed by atoms with van der Waals surface area (Å²) in [6, 6.07) is 0. The molecule has 0 aromatic carbocycles. The zero-order chi connectivity index (χ0) is 11.3. The quantitative estimate of drug-likeness (QED) is 0.676. The van der Waals surface area contributed by atoms with Crippen molar-refractivity contribution >= 4 is 5.97 Å². The monoisotopic (exact) mass is 201 g/mol. The Hall–Kier alpha value is -0.610. The van der Waals surface area contributed by atoms with Crippen LogP contribution in [0.1, 0.15) is 34.6 Å². The van der Waals surface area contributed by atoms with Crippen LogP contribution in [0.3, 0.4) is 0 Å². The lowest BCUT2D eigenvalue weighted by atomic mass is 9.78. The van der Waals surface area contributed by atoms with Crippen molar-refractivity contribution in [3.05, 3.63) is 0 Å². The zero-order valence-electron chi connectivity index (χ0n) is 9.40. The van der Waals surface area contributed by atoms with Crippen molar-refractivity contribution < 1.29 is 15.1 Å². The molecule has 14 heavy (non-hydrogen) atoms. The van der Waals surface area contributed by atoms with Crippen LogP contribution in [0.15, 0.2) is 0 Å². The predicted octanol–water partition coefficient (Wildman–Crippen LogP) is 1.59. The Kier molecular flexibility index (Phi) is 2.41. The number of hydrogen-bond donors (Lipinski definition) is 2. The minimum atomic E-state index is -0.841. The normalized spacial score (nSPS) is 35.9. The highest BCUT2D eigenvalue weighted by atomic mass is 16.5. The maximum Gasteiger partial charge on any atom is 0.308 e. The van der Waals surface area contributed by atoms with E-state index >= 15 is 0 Å². The van der Waals surface area contributed by atoms with Gasteiger partial charge in [0.15, 0.2) is 0 Å². The molecule has 0 aromatic rings. The van der Waals surface area contributed by atoms with Crippen LogP contribution in [0.25, 0.3) is 0 Å². The molecule has 1 aliphatic heterocycles. The van der Waals surface area contributed by atoms with Gasteiger partial charge < -0.3 is 10.3 Å². The molecule has 2 N–H and O–H groups in total. The molecule has 1 rings (SSSR count). The minimum absolute atomic E-state index is 0.0833. The van der Waals surface area contributed by atoms with E-state index in [1.165, 1.54) is 5.06 Å². The second kappa shape index (κ2) is 2.94. The maximum absolute atomic E-state index is 11.1. The Bertz CT molecular complexity index is 260. The van der Waals surface area contributed by atoms with E-state index in [0.717, 1.165) is 0 Å². The molecular formula is C10H19NO3. The van der Waals surface area contributed by atoms with Crippen LogP contribution in [-0.4, -0.2) is 32.4 Å². The zero-order valence-corrected chi connectivity index (χ0v) is 9.40. The lowest BCUT2D eigenvalue weighted by Gasteiger charge is -2.35. The number of carboxylic acids is 1. The molecule has 0 aliphatic carbocycles. The largest absolute Gasteiger partial charge is 0.481 e. The molecule has 0 bridgehead atoms. The van der Waals surface area contributed by atoms with Gasteiger partial charge in [-0.2, -0.15) is 5.06 Å². The minimum Gasteiger partial charge on any atom is -0.481 e. The summed E-state index contributed by atoms with van der Waals surface area (Å²) >= 11 is 0. The summed E-state index contributed by atoms with van der Waals surface area (Å²) in [5.41, 5.74) is -1.21. The fourth-order valence-corrected chi connectivity index (χ4v) is 2.60. The summed E-state index contributed by atoms with van der Waals surface area (Å²) in [6.45, 7) is 9.12. The van der Waals surface area contributed by atoms with Crippen molar-refractivity contribution in [2.75, 3.05) is 0 Å². The molecule has 0 amide bonds. The number of aliphatic carboxylic acids is 1. The van der Waals surface area contributed by atoms with Crippen LogP contribution < -0.4 is 0 Å². The van der Waals surface area contributed by atoms with Crippen LogP contribution in [0, 0.1) is 11.8 Å². The Morgan fingerprint density at radius 2 is 1.64 bits per heavy atom. The average Bonchev–Trinajstić information content (AvgIpc) is 2.10. The smallest absolute Gasteiger partial charge is 0.308 e. The van der Waals surface area contributed by atoms with Crippen LogP contribution in [0.2, 0.25) is 0 Å². The molecule has 1 saturated heterocycles. The number of hydrogen-bond acceptors (Lipinski definition) is 3. The van der Waals surface area contributed by atoms with E-state index in [-0.39, 0.29) is 5.92 Å². The Morgan fingerprint density at radius 1 is 1.21 bits per heavy atom. The highest BCUT2D eigenvalue weighted by molar-refractivity contribution is 5.73. The Labute approximate surface area is 84.5 Å². The van der Waals surface area contributed by atoms with Crippen LogP contribution >= 0.6 is 0 Å². The molecule has 0 spiro atoms. The molecule has 4 nitrogen and oxygen atoms in total. The van der Waals surface area contributed by atoms with Gasteiger partial charge in [0.1, 0.15) is 0 Å². The fraction of sp³-hybridized carbons (Fsp3) is 0.900. The van der Waals surface area contributed by atoms with Crippen molar-refractivity contribution in [2.24, 2.45) is 11.8 Å². The van der Waals surface area contributed by atoms with E-state index in [2.05, 4.69) is 0 Å².